The second-order valence-electron chi connectivity index (χ2n) is 11.3. The molecule has 0 amide bonds. The number of allylic oxidation sites excluding steroid dienone is 3. The highest BCUT2D eigenvalue weighted by atomic mass is 16.6. The highest BCUT2D eigenvalue weighted by molar-refractivity contribution is 5.95. The van der Waals surface area contributed by atoms with E-state index in [9.17, 15) is 39.6 Å². The Balaban J connectivity index is 1.73. The van der Waals surface area contributed by atoms with E-state index in [-0.39, 0.29) is 25.2 Å². The predicted molar refractivity (Wildman–Crippen MR) is 118 cm³/mol. The van der Waals surface area contributed by atoms with Crippen molar-refractivity contribution in [1.82, 2.24) is 0 Å². The van der Waals surface area contributed by atoms with Gasteiger partial charge in [0.05, 0.1) is 18.6 Å². The van der Waals surface area contributed by atoms with Gasteiger partial charge in [-0.3, -0.25) is 4.79 Å². The van der Waals surface area contributed by atoms with Crippen LogP contribution in [0.5, 0.6) is 0 Å². The second-order valence-corrected chi connectivity index (χ2v) is 11.3. The Morgan fingerprint density at radius 1 is 1.17 bits per heavy atom. The van der Waals surface area contributed by atoms with E-state index in [4.69, 9.17) is 14.2 Å². The monoisotopic (exact) mass is 506 g/mol. The minimum Gasteiger partial charge on any atom is -0.504 e. The lowest BCUT2D eigenvalue weighted by atomic mass is 9.38. The number of Topliss-reactive ketones (excluding diaryl/α,β-unsaturated/α-hetero) is 1. The minimum atomic E-state index is -2.45. The van der Waals surface area contributed by atoms with Crippen molar-refractivity contribution in [3.05, 3.63) is 23.0 Å². The van der Waals surface area contributed by atoms with E-state index in [0.29, 0.717) is 11.1 Å². The van der Waals surface area contributed by atoms with Crippen LogP contribution in [0.3, 0.4) is 0 Å². The smallest absolute Gasteiger partial charge is 0.348 e. The Hall–Kier alpha value is -2.76. The number of aliphatic carboxylic acids is 1. The van der Waals surface area contributed by atoms with Gasteiger partial charge in [-0.05, 0) is 44.1 Å². The van der Waals surface area contributed by atoms with E-state index in [1.54, 1.807) is 27.7 Å². The molecule has 4 fully saturated rings. The van der Waals surface area contributed by atoms with Gasteiger partial charge in [0.2, 0.25) is 11.7 Å². The predicted octanol–water partition coefficient (Wildman–Crippen LogP) is 0.429. The number of hydrogen-bond acceptors (Lipinski definition) is 10. The maximum Gasteiger partial charge on any atom is 0.348 e. The molecule has 196 valence electrons. The van der Waals surface area contributed by atoms with E-state index in [1.165, 1.54) is 0 Å². The van der Waals surface area contributed by atoms with Crippen LogP contribution in [0.1, 0.15) is 40.5 Å². The summed E-state index contributed by atoms with van der Waals surface area (Å²) in [6.07, 6.45) is -5.26. The summed E-state index contributed by atoms with van der Waals surface area (Å²) < 4.78 is 17.1. The molecule has 0 radical (unpaired) electrons. The quantitative estimate of drug-likeness (QED) is 0.308. The normalized spacial score (nSPS) is 46.9. The standard InChI is InChI=1S/C25H30O11/c1-9(2)5-14(27)36-17-19-24-8-34-25(19,22(32)33)20(30)16(29)18(24)23(4)7-12(26)15(28)10(3)11(23)6-13(24)35-21(17)31/h5,11,13,16-20,28-30H,6-8H2,1-4H3,(H,32,33)/t11-,13+,16+,17+,18+,19+,20-,23-,24+,25-/m0/s1. The number of carboxylic acids is 1. The lowest BCUT2D eigenvalue weighted by molar-refractivity contribution is -0.289. The molecule has 0 aromatic heterocycles. The number of ether oxygens (including phenoxy) is 3. The second kappa shape index (κ2) is 7.62. The Morgan fingerprint density at radius 2 is 1.83 bits per heavy atom. The van der Waals surface area contributed by atoms with Crippen LogP contribution in [0.4, 0.5) is 0 Å². The summed E-state index contributed by atoms with van der Waals surface area (Å²) in [5, 5.41) is 43.5. The zero-order valence-corrected chi connectivity index (χ0v) is 20.4. The molecule has 36 heavy (non-hydrogen) atoms. The van der Waals surface area contributed by atoms with Crippen LogP contribution in [0, 0.1) is 28.6 Å². The molecule has 0 unspecified atom stereocenters. The molecule has 2 bridgehead atoms. The van der Waals surface area contributed by atoms with E-state index < -0.39 is 82.3 Å². The van der Waals surface area contributed by atoms with Crippen molar-refractivity contribution in [3.8, 4) is 0 Å². The van der Waals surface area contributed by atoms with Crippen molar-refractivity contribution in [2.75, 3.05) is 6.61 Å². The lowest BCUT2D eigenvalue weighted by Crippen LogP contribution is -2.79. The molecule has 4 N–H and O–H groups in total. The Morgan fingerprint density at radius 3 is 2.44 bits per heavy atom. The van der Waals surface area contributed by atoms with E-state index >= 15 is 0 Å². The fourth-order valence-electron chi connectivity index (χ4n) is 8.11. The van der Waals surface area contributed by atoms with Gasteiger partial charge in [0.1, 0.15) is 12.2 Å². The van der Waals surface area contributed by atoms with Gasteiger partial charge in [0.15, 0.2) is 11.5 Å². The summed E-state index contributed by atoms with van der Waals surface area (Å²) in [5.41, 5.74) is -3.90. The number of carbonyl (C=O) groups excluding carboxylic acids is 3. The number of ketones is 1. The topological polar surface area (TPSA) is 177 Å². The third kappa shape index (κ3) is 2.79. The number of fused-ring (bicyclic) bond motifs is 2. The van der Waals surface area contributed by atoms with Crippen LogP contribution < -0.4 is 0 Å². The fourth-order valence-corrected chi connectivity index (χ4v) is 8.11. The molecule has 5 aliphatic rings. The lowest BCUT2D eigenvalue weighted by Gasteiger charge is -2.67. The van der Waals surface area contributed by atoms with Crippen molar-refractivity contribution in [2.45, 2.75) is 70.6 Å². The maximum absolute atomic E-state index is 13.2. The Kier molecular flexibility index (Phi) is 5.28. The molecular formula is C25H30O11. The van der Waals surface area contributed by atoms with Gasteiger partial charge in [-0.2, -0.15) is 0 Å². The SMILES string of the molecule is CC(C)=CC(=O)O[C@H]1C(=O)O[C@@H]2C[C@H]3C(C)=C(O)C(=O)C[C@]3(C)[C@H]3[C@@H](O)[C@H](O)[C@@]4(C(=O)O)OC[C@]32[C@@H]14. The van der Waals surface area contributed by atoms with Crippen molar-refractivity contribution in [3.63, 3.8) is 0 Å². The van der Waals surface area contributed by atoms with Crippen LogP contribution in [0.2, 0.25) is 0 Å². The number of rotatable bonds is 3. The summed E-state index contributed by atoms with van der Waals surface area (Å²) in [7, 11) is 0. The summed E-state index contributed by atoms with van der Waals surface area (Å²) >= 11 is 0. The average Bonchev–Trinajstić information content (AvgIpc) is 3.08. The van der Waals surface area contributed by atoms with Crippen molar-refractivity contribution in [1.29, 1.82) is 0 Å². The first-order valence-electron chi connectivity index (χ1n) is 12.0. The summed E-state index contributed by atoms with van der Waals surface area (Å²) in [4.78, 5) is 51.3. The Labute approximate surface area is 206 Å². The van der Waals surface area contributed by atoms with Gasteiger partial charge in [0, 0.05) is 23.8 Å². The molecule has 3 aliphatic carbocycles. The fraction of sp³-hybridized carbons (Fsp3) is 0.680. The maximum atomic E-state index is 13.2. The van der Waals surface area contributed by atoms with Crippen LogP contribution >= 0.6 is 0 Å². The van der Waals surface area contributed by atoms with Gasteiger partial charge in [-0.15, -0.1) is 0 Å². The third-order valence-corrected chi connectivity index (χ3v) is 9.32. The number of aliphatic hydroxyl groups excluding tert-OH is 3. The number of carbonyl (C=O) groups is 4. The molecule has 2 saturated heterocycles. The number of esters is 2. The largest absolute Gasteiger partial charge is 0.504 e. The van der Waals surface area contributed by atoms with E-state index in [1.807, 2.05) is 0 Å². The molecule has 5 rings (SSSR count). The van der Waals surface area contributed by atoms with Crippen LogP contribution in [-0.4, -0.2) is 80.7 Å². The van der Waals surface area contributed by atoms with Crippen molar-refractivity contribution < 1.29 is 53.8 Å². The number of hydrogen-bond donors (Lipinski definition) is 4. The molecule has 2 aliphatic heterocycles. The molecule has 0 aromatic carbocycles. The molecule has 0 aromatic rings. The molecule has 2 heterocycles. The zero-order chi connectivity index (χ0) is 26.5. The summed E-state index contributed by atoms with van der Waals surface area (Å²) in [5.74, 6) is -7.26. The molecule has 1 spiro atoms. The summed E-state index contributed by atoms with van der Waals surface area (Å²) in [6, 6.07) is 0. The molecule has 11 heteroatoms. The minimum absolute atomic E-state index is 0.134. The van der Waals surface area contributed by atoms with Gasteiger partial charge in [0.25, 0.3) is 0 Å². The van der Waals surface area contributed by atoms with Gasteiger partial charge >= 0.3 is 17.9 Å². The Bertz CT molecular complexity index is 1130. The third-order valence-electron chi connectivity index (χ3n) is 9.32. The van der Waals surface area contributed by atoms with Crippen LogP contribution in [0.25, 0.3) is 0 Å². The average molecular weight is 507 g/mol. The van der Waals surface area contributed by atoms with Crippen LogP contribution in [0.15, 0.2) is 23.0 Å². The number of aliphatic hydroxyl groups is 3. The zero-order valence-electron chi connectivity index (χ0n) is 20.4. The highest BCUT2D eigenvalue weighted by Crippen LogP contribution is 2.72. The summed E-state index contributed by atoms with van der Waals surface area (Å²) in [6.45, 7) is 6.33. The van der Waals surface area contributed by atoms with Crippen molar-refractivity contribution in [2.24, 2.45) is 28.6 Å². The molecule has 2 saturated carbocycles. The first kappa shape index (κ1) is 24.9. The number of carboxylic acid groups (broad SMARTS) is 1. The molecular weight excluding hydrogens is 476 g/mol. The highest BCUT2D eigenvalue weighted by Gasteiger charge is 2.85. The van der Waals surface area contributed by atoms with Crippen molar-refractivity contribution >= 4 is 23.7 Å². The van der Waals surface area contributed by atoms with Crippen LogP contribution in [-0.2, 0) is 33.4 Å². The molecule has 10 atom stereocenters. The molecule has 11 nitrogen and oxygen atoms in total. The van der Waals surface area contributed by atoms with E-state index in [0.717, 1.165) is 6.08 Å². The first-order valence-corrected chi connectivity index (χ1v) is 12.0. The van der Waals surface area contributed by atoms with Gasteiger partial charge < -0.3 is 34.6 Å². The van der Waals surface area contributed by atoms with Gasteiger partial charge in [-0.1, -0.05) is 12.5 Å². The van der Waals surface area contributed by atoms with E-state index in [2.05, 4.69) is 0 Å². The van der Waals surface area contributed by atoms with Gasteiger partial charge in [-0.25, -0.2) is 14.4 Å². The first-order chi connectivity index (χ1) is 16.7.